The maximum atomic E-state index is 13.8. The minimum absolute atomic E-state index is 0.0496. The third kappa shape index (κ3) is 15.7. The summed E-state index contributed by atoms with van der Waals surface area (Å²) in [4.78, 5) is 13.8. The van der Waals surface area contributed by atoms with Crippen LogP contribution in [-0.2, 0) is 30.0 Å². The number of unbranched alkanes of at least 4 members (excludes halogenated alkanes) is 1. The van der Waals surface area contributed by atoms with Crippen molar-refractivity contribution in [3.05, 3.63) is 66.3 Å². The van der Waals surface area contributed by atoms with Gasteiger partial charge in [-0.05, 0) is 98.0 Å². The second kappa shape index (κ2) is 24.8. The molecule has 1 unspecified atom stereocenters. The lowest BCUT2D eigenvalue weighted by Gasteiger charge is -2.44. The lowest BCUT2D eigenvalue weighted by molar-refractivity contribution is -0.163. The molecule has 1 saturated heterocycles. The lowest BCUT2D eigenvalue weighted by Crippen LogP contribution is -2.50. The van der Waals surface area contributed by atoms with E-state index >= 15 is 0 Å². The van der Waals surface area contributed by atoms with Crippen LogP contribution in [0.4, 0.5) is 0 Å². The van der Waals surface area contributed by atoms with E-state index in [0.29, 0.717) is 35.8 Å². The van der Waals surface area contributed by atoms with E-state index in [2.05, 4.69) is 105 Å². The van der Waals surface area contributed by atoms with Crippen molar-refractivity contribution in [3.63, 3.8) is 0 Å². The standard InChI is InChI=1S/C46H74O6Si/c1-13-14-15-21-40(11)46(51-33-41-25-27-42(48-12)28-26-41)43(47)29-24-39(10)44(52-53(34(2)3,35(4)5)36(6)7)22-17-16-20-37(8)38(9)30-32-50-45-23-18-19-31-49-45/h15,17,21-22,25-28,34-36,38-40,44-46H,8,13-14,16,18-20,23,30-33H2,1-7,9-12H3/b21-15+,22-17+/t38-,39-,40-,44+,45?,46-/m1/s1. The van der Waals surface area contributed by atoms with Gasteiger partial charge in [0.25, 0.3) is 0 Å². The average molecular weight is 751 g/mol. The molecule has 298 valence electrons. The van der Waals surface area contributed by atoms with Gasteiger partial charge in [-0.15, -0.1) is 0 Å². The molecule has 0 aromatic heterocycles. The lowest BCUT2D eigenvalue weighted by atomic mass is 9.95. The van der Waals surface area contributed by atoms with Gasteiger partial charge in [-0.1, -0.05) is 123 Å². The van der Waals surface area contributed by atoms with Gasteiger partial charge in [0, 0.05) is 18.4 Å². The van der Waals surface area contributed by atoms with Gasteiger partial charge in [0.15, 0.2) is 6.29 Å². The van der Waals surface area contributed by atoms with Crippen molar-refractivity contribution in [2.24, 2.45) is 17.8 Å². The predicted molar refractivity (Wildman–Crippen MR) is 223 cm³/mol. The van der Waals surface area contributed by atoms with E-state index in [4.69, 9.17) is 23.4 Å². The number of ether oxygens (including phenoxy) is 4. The average Bonchev–Trinajstić information content (AvgIpc) is 3.13. The van der Waals surface area contributed by atoms with Crippen LogP contribution < -0.4 is 4.74 Å². The highest BCUT2D eigenvalue weighted by Gasteiger charge is 2.46. The van der Waals surface area contributed by atoms with E-state index < -0.39 is 14.4 Å². The van der Waals surface area contributed by atoms with Crippen LogP contribution in [0.3, 0.4) is 0 Å². The summed E-state index contributed by atoms with van der Waals surface area (Å²) in [5.41, 5.74) is 3.48. The molecule has 1 aromatic carbocycles. The number of Topliss-reactive ketones (excluding diaryl/α,β-unsaturated/α-hetero) is 1. The molecule has 1 heterocycles. The maximum absolute atomic E-state index is 13.8. The molecule has 1 fully saturated rings. The molecule has 53 heavy (non-hydrogen) atoms. The van der Waals surface area contributed by atoms with Gasteiger partial charge >= 0.3 is 0 Å². The Labute approximate surface area is 325 Å². The number of hydrogen-bond acceptors (Lipinski definition) is 6. The monoisotopic (exact) mass is 751 g/mol. The quantitative estimate of drug-likeness (QED) is 0.0454. The van der Waals surface area contributed by atoms with Gasteiger partial charge in [-0.25, -0.2) is 0 Å². The molecule has 6 nitrogen and oxygen atoms in total. The summed E-state index contributed by atoms with van der Waals surface area (Å²) in [6.07, 6.45) is 15.7. The fourth-order valence-electron chi connectivity index (χ4n) is 7.41. The third-order valence-corrected chi connectivity index (χ3v) is 16.9. The van der Waals surface area contributed by atoms with Crippen LogP contribution in [0, 0.1) is 29.6 Å². The summed E-state index contributed by atoms with van der Waals surface area (Å²) in [6.45, 7) is 28.6. The molecular formula is C46H74O6Si. The largest absolute Gasteiger partial charge is 0.497 e. The number of carbonyl (C=O) groups excluding carboxylic acids is 1. The van der Waals surface area contributed by atoms with E-state index in [1.165, 1.54) is 12.0 Å². The number of hydrogen-bond donors (Lipinski definition) is 0. The Kier molecular flexibility index (Phi) is 21.9. The normalized spacial score (nSPS) is 18.3. The van der Waals surface area contributed by atoms with Crippen molar-refractivity contribution < 1.29 is 28.2 Å². The van der Waals surface area contributed by atoms with Gasteiger partial charge < -0.3 is 23.4 Å². The topological polar surface area (TPSA) is 63.2 Å². The van der Waals surface area contributed by atoms with Crippen molar-refractivity contribution in [2.45, 2.75) is 162 Å². The Morgan fingerprint density at radius 1 is 0.962 bits per heavy atom. The number of methoxy groups -OCH3 is 1. The van der Waals surface area contributed by atoms with E-state index in [1.54, 1.807) is 7.11 Å². The van der Waals surface area contributed by atoms with Crippen molar-refractivity contribution in [1.82, 2.24) is 0 Å². The summed E-state index contributed by atoms with van der Waals surface area (Å²) in [7, 11) is -0.593. The molecule has 2 rings (SSSR count). The third-order valence-electron chi connectivity index (χ3n) is 10.8. The van der Waals surface area contributed by atoms with Gasteiger partial charge in [0.1, 0.15) is 11.9 Å². The zero-order valence-electron chi connectivity index (χ0n) is 35.2. The predicted octanol–water partition coefficient (Wildman–Crippen LogP) is 11.8. The van der Waals surface area contributed by atoms with Gasteiger partial charge in [-0.3, -0.25) is 4.79 Å². The van der Waals surface area contributed by atoms with E-state index in [-0.39, 0.29) is 30.0 Å². The second-order valence-corrected chi connectivity index (χ2v) is 21.4. The Hall–Kier alpha value is -2.47. The molecule has 0 N–H and O–H groups in total. The molecule has 0 amide bonds. The maximum Gasteiger partial charge on any atom is 0.234 e. The molecule has 1 aliphatic heterocycles. The molecule has 0 bridgehead atoms. The number of benzene rings is 1. The Morgan fingerprint density at radius 3 is 2.21 bits per heavy atom. The van der Waals surface area contributed by atoms with E-state index in [0.717, 1.165) is 62.9 Å². The van der Waals surface area contributed by atoms with Crippen LogP contribution >= 0.6 is 0 Å². The molecule has 0 spiro atoms. The van der Waals surface area contributed by atoms with Crippen molar-refractivity contribution >= 4 is 14.1 Å². The SMILES string of the molecule is C=C(CC/C=C/[C@H](O[Si](C(C)C)(C(C)C)C(C)C)[C@H](C)C#CC(=O)[C@H](OCc1ccc(OC)cc1)[C@H](C)/C=C/CCC)[C@H](C)CCOC1CCCCO1. The highest BCUT2D eigenvalue weighted by atomic mass is 28.4. The number of carbonyl (C=O) groups is 1. The van der Waals surface area contributed by atoms with Crippen LogP contribution in [0.25, 0.3) is 0 Å². The number of rotatable bonds is 24. The van der Waals surface area contributed by atoms with Crippen molar-refractivity contribution in [1.29, 1.82) is 0 Å². The minimum Gasteiger partial charge on any atom is -0.497 e. The molecule has 0 radical (unpaired) electrons. The van der Waals surface area contributed by atoms with Crippen LogP contribution in [0.2, 0.25) is 16.6 Å². The second-order valence-electron chi connectivity index (χ2n) is 16.0. The van der Waals surface area contributed by atoms with Crippen molar-refractivity contribution in [3.8, 4) is 17.6 Å². The first-order valence-corrected chi connectivity index (χ1v) is 22.6. The molecule has 6 atom stereocenters. The van der Waals surface area contributed by atoms with Crippen LogP contribution in [0.5, 0.6) is 5.75 Å². The smallest absolute Gasteiger partial charge is 0.234 e. The van der Waals surface area contributed by atoms with Gasteiger partial charge in [0.2, 0.25) is 14.1 Å². The Morgan fingerprint density at radius 2 is 1.62 bits per heavy atom. The van der Waals surface area contributed by atoms with Gasteiger partial charge in [0.05, 0.1) is 26.4 Å². The van der Waals surface area contributed by atoms with Crippen molar-refractivity contribution in [2.75, 3.05) is 20.3 Å². The molecule has 1 aromatic rings. The number of ketones is 1. The minimum atomic E-state index is -2.24. The Balaban J connectivity index is 2.23. The fraction of sp³-hybridized carbons (Fsp3) is 0.674. The number of allylic oxidation sites excluding steroid dienone is 3. The molecular weight excluding hydrogens is 677 g/mol. The first-order chi connectivity index (χ1) is 25.3. The first-order valence-electron chi connectivity index (χ1n) is 20.5. The fourth-order valence-corrected chi connectivity index (χ4v) is 13.0. The van der Waals surface area contributed by atoms with E-state index in [9.17, 15) is 4.79 Å². The summed E-state index contributed by atoms with van der Waals surface area (Å²) in [6, 6.07) is 7.74. The highest BCUT2D eigenvalue weighted by molar-refractivity contribution is 6.77. The summed E-state index contributed by atoms with van der Waals surface area (Å²) in [5.74, 6) is 7.02. The molecule has 0 aliphatic carbocycles. The van der Waals surface area contributed by atoms with Crippen LogP contribution in [0.15, 0.2) is 60.7 Å². The summed E-state index contributed by atoms with van der Waals surface area (Å²) in [5, 5.41) is 0. The highest BCUT2D eigenvalue weighted by Crippen LogP contribution is 2.44. The first kappa shape index (κ1) is 46.7. The zero-order valence-corrected chi connectivity index (χ0v) is 36.2. The molecule has 7 heteroatoms. The van der Waals surface area contributed by atoms with Gasteiger partial charge in [-0.2, -0.15) is 0 Å². The zero-order chi connectivity index (χ0) is 39.4. The molecule has 0 saturated carbocycles. The van der Waals surface area contributed by atoms with Crippen LogP contribution in [-0.4, -0.2) is 52.9 Å². The van der Waals surface area contributed by atoms with Crippen LogP contribution in [0.1, 0.15) is 126 Å². The Bertz CT molecular complexity index is 1290. The van der Waals surface area contributed by atoms with E-state index in [1.807, 2.05) is 31.2 Å². The summed E-state index contributed by atoms with van der Waals surface area (Å²) < 4.78 is 30.6. The summed E-state index contributed by atoms with van der Waals surface area (Å²) >= 11 is 0. The molecule has 1 aliphatic rings.